The van der Waals surface area contributed by atoms with Crippen molar-refractivity contribution in [1.82, 2.24) is 0 Å². The Morgan fingerprint density at radius 2 is 0.923 bits per heavy atom. The molecule has 0 spiro atoms. The maximum absolute atomic E-state index is 7.88. The third-order valence-corrected chi connectivity index (χ3v) is 0.324. The highest BCUT2D eigenvalue weighted by atomic mass is 16.3. The van der Waals surface area contributed by atoms with E-state index in [2.05, 4.69) is 13.2 Å². The summed E-state index contributed by atoms with van der Waals surface area (Å²) in [4.78, 5) is 0. The number of rotatable bonds is 2. The third kappa shape index (κ3) is 426. The number of hydrogen-bond donors (Lipinski definition) is 4. The molecule has 0 rings (SSSR count). The van der Waals surface area contributed by atoms with Gasteiger partial charge in [-0.3, -0.25) is 0 Å². The lowest BCUT2D eigenvalue weighted by Gasteiger charge is -1.70. The quantitative estimate of drug-likeness (QED) is 0.474. The second kappa shape index (κ2) is 61.8. The molecule has 0 saturated carbocycles. The van der Waals surface area contributed by atoms with Gasteiger partial charge < -0.3 is 20.4 Å². The lowest BCUT2D eigenvalue weighted by atomic mass is 10.5. The van der Waals surface area contributed by atoms with E-state index in [0.29, 0.717) is 6.61 Å². The zero-order valence-corrected chi connectivity index (χ0v) is 8.74. The van der Waals surface area contributed by atoms with Crippen LogP contribution < -0.4 is 0 Å². The molecule has 4 heteroatoms. The Kier molecular flexibility index (Phi) is 109. The van der Waals surface area contributed by atoms with E-state index in [1.165, 1.54) is 0 Å². The fourth-order valence-electron chi connectivity index (χ4n) is 0. The van der Waals surface area contributed by atoms with Crippen molar-refractivity contribution in [2.45, 2.75) is 20.3 Å². The molecular weight excluding hydrogens is 172 g/mol. The van der Waals surface area contributed by atoms with Crippen LogP contribution in [0, 0.1) is 0 Å². The van der Waals surface area contributed by atoms with E-state index in [4.69, 9.17) is 20.4 Å². The van der Waals surface area contributed by atoms with Gasteiger partial charge in [0.15, 0.2) is 0 Å². The molecule has 0 aromatic carbocycles. The van der Waals surface area contributed by atoms with Crippen molar-refractivity contribution in [3.8, 4) is 0 Å². The van der Waals surface area contributed by atoms with Crippen molar-refractivity contribution < 1.29 is 20.4 Å². The molecule has 0 amide bonds. The highest BCUT2D eigenvalue weighted by Gasteiger charge is 1.58. The fourth-order valence-corrected chi connectivity index (χ4v) is 0. The third-order valence-electron chi connectivity index (χ3n) is 0.324. The van der Waals surface area contributed by atoms with Gasteiger partial charge in [0.2, 0.25) is 0 Å². The van der Waals surface area contributed by atoms with Crippen LogP contribution in [0.1, 0.15) is 20.3 Å². The smallest absolute Gasteiger partial charge is 0.0662 e. The van der Waals surface area contributed by atoms with Gasteiger partial charge in [-0.1, -0.05) is 6.92 Å². The van der Waals surface area contributed by atoms with Gasteiger partial charge in [-0.2, -0.15) is 0 Å². The number of hydrogen-bond acceptors (Lipinski definition) is 4. The molecule has 0 heterocycles. The van der Waals surface area contributed by atoms with Crippen molar-refractivity contribution in [3.05, 3.63) is 13.2 Å². The van der Waals surface area contributed by atoms with Crippen LogP contribution in [0.3, 0.4) is 0 Å². The average Bonchev–Trinajstić information content (AvgIpc) is 2.22. The van der Waals surface area contributed by atoms with Gasteiger partial charge in [0.05, 0.1) is 13.2 Å². The first-order valence-electron chi connectivity index (χ1n) is 4.18. The van der Waals surface area contributed by atoms with Gasteiger partial charge in [-0.15, -0.1) is 13.2 Å². The zero-order chi connectivity index (χ0) is 11.5. The van der Waals surface area contributed by atoms with Crippen LogP contribution in [0.5, 0.6) is 0 Å². The number of aliphatic hydroxyl groups is 4. The second-order valence-corrected chi connectivity index (χ2v) is 1.49. The summed E-state index contributed by atoms with van der Waals surface area (Å²) in [5.74, 6) is 0. The van der Waals surface area contributed by atoms with E-state index in [-0.39, 0.29) is 19.8 Å². The van der Waals surface area contributed by atoms with E-state index in [0.717, 1.165) is 6.42 Å². The Balaban J connectivity index is -0.0000000431. The molecule has 0 atom stereocenters. The summed E-state index contributed by atoms with van der Waals surface area (Å²) in [7, 11) is 0. The number of aliphatic hydroxyl groups excluding tert-OH is 4. The van der Waals surface area contributed by atoms with Crippen LogP contribution in [0.25, 0.3) is 0 Å². The molecular formula is C9H24O4. The summed E-state index contributed by atoms with van der Waals surface area (Å²) < 4.78 is 0. The highest BCUT2D eigenvalue weighted by Crippen LogP contribution is 1.61. The predicted molar refractivity (Wildman–Crippen MR) is 55.6 cm³/mol. The minimum Gasteiger partial charge on any atom is -0.397 e. The van der Waals surface area contributed by atoms with Gasteiger partial charge in [0, 0.05) is 13.2 Å². The van der Waals surface area contributed by atoms with Crippen molar-refractivity contribution in [3.63, 3.8) is 0 Å². The molecule has 4 nitrogen and oxygen atoms in total. The zero-order valence-electron chi connectivity index (χ0n) is 8.74. The molecule has 0 radical (unpaired) electrons. The Morgan fingerprint density at radius 3 is 0.923 bits per heavy atom. The second-order valence-electron chi connectivity index (χ2n) is 1.49. The molecule has 4 N–H and O–H groups in total. The molecule has 0 saturated heterocycles. The van der Waals surface area contributed by atoms with Gasteiger partial charge >= 0.3 is 0 Å². The van der Waals surface area contributed by atoms with Crippen molar-refractivity contribution in [2.24, 2.45) is 0 Å². The van der Waals surface area contributed by atoms with Crippen molar-refractivity contribution in [1.29, 1.82) is 0 Å². The van der Waals surface area contributed by atoms with Crippen molar-refractivity contribution in [2.75, 3.05) is 26.4 Å². The van der Waals surface area contributed by atoms with E-state index in [1.54, 1.807) is 6.92 Å². The molecule has 0 aromatic heterocycles. The van der Waals surface area contributed by atoms with Crippen molar-refractivity contribution >= 4 is 0 Å². The van der Waals surface area contributed by atoms with Crippen LogP contribution in [-0.4, -0.2) is 46.9 Å². The standard InChI is InChI=1S/C3H8O.C2H6O2.C2H6O.C2H4/c1-2-3-4;3-1-2-4;1-2-3;1-2/h4H,2-3H2,1H3;3-4H,1-2H2;3H,2H2,1H3;1-2H2. The minimum absolute atomic E-state index is 0.125. The Morgan fingerprint density at radius 1 is 0.769 bits per heavy atom. The van der Waals surface area contributed by atoms with Crippen LogP contribution in [-0.2, 0) is 0 Å². The molecule has 0 bridgehead atoms. The monoisotopic (exact) mass is 196 g/mol. The summed E-state index contributed by atoms with van der Waals surface area (Å²) in [6.45, 7) is 9.93. The summed E-state index contributed by atoms with van der Waals surface area (Å²) in [5, 5.41) is 30.7. The predicted octanol–water partition coefficient (Wildman–Crippen LogP) is 0.161. The van der Waals surface area contributed by atoms with E-state index in [9.17, 15) is 0 Å². The van der Waals surface area contributed by atoms with Crippen LogP contribution in [0.4, 0.5) is 0 Å². The first-order chi connectivity index (χ1) is 6.24. The first kappa shape index (κ1) is 22.9. The van der Waals surface area contributed by atoms with E-state index >= 15 is 0 Å². The lowest BCUT2D eigenvalue weighted by Crippen LogP contribution is -1.85. The molecule has 84 valence electrons. The molecule has 0 fully saturated rings. The maximum atomic E-state index is 7.88. The SMILES string of the molecule is C=C.CCCO.CCO.OCCO. The Hall–Kier alpha value is -0.420. The van der Waals surface area contributed by atoms with Crippen LogP contribution in [0.15, 0.2) is 13.2 Å². The minimum atomic E-state index is -0.125. The van der Waals surface area contributed by atoms with Gasteiger partial charge in [0.25, 0.3) is 0 Å². The summed E-state index contributed by atoms with van der Waals surface area (Å²) in [6.07, 6.45) is 0.875. The lowest BCUT2D eigenvalue weighted by molar-refractivity contribution is 0.186. The summed E-state index contributed by atoms with van der Waals surface area (Å²) in [5.41, 5.74) is 0. The molecule has 13 heavy (non-hydrogen) atoms. The van der Waals surface area contributed by atoms with Gasteiger partial charge in [-0.05, 0) is 13.3 Å². The Labute approximate surface area is 81.2 Å². The van der Waals surface area contributed by atoms with E-state index in [1.807, 2.05) is 6.92 Å². The molecule has 0 aliphatic rings. The molecule has 0 aliphatic carbocycles. The highest BCUT2D eigenvalue weighted by molar-refractivity contribution is 4.22. The summed E-state index contributed by atoms with van der Waals surface area (Å²) >= 11 is 0. The van der Waals surface area contributed by atoms with Gasteiger partial charge in [0.1, 0.15) is 0 Å². The topological polar surface area (TPSA) is 80.9 Å². The fraction of sp³-hybridized carbons (Fsp3) is 0.778. The summed E-state index contributed by atoms with van der Waals surface area (Å²) in [6, 6.07) is 0. The average molecular weight is 196 g/mol. The molecule has 0 aliphatic heterocycles. The molecule has 0 aromatic rings. The van der Waals surface area contributed by atoms with E-state index < -0.39 is 0 Å². The molecule has 0 unspecified atom stereocenters. The maximum Gasteiger partial charge on any atom is 0.0662 e. The Bertz CT molecular complexity index is 34.6. The van der Waals surface area contributed by atoms with Gasteiger partial charge in [-0.25, -0.2) is 0 Å². The first-order valence-corrected chi connectivity index (χ1v) is 4.18. The largest absolute Gasteiger partial charge is 0.397 e. The van der Waals surface area contributed by atoms with Crippen LogP contribution in [0.2, 0.25) is 0 Å². The van der Waals surface area contributed by atoms with Crippen LogP contribution >= 0.6 is 0 Å². The normalized spacial score (nSPS) is 6.31.